The van der Waals surface area contributed by atoms with Crippen LogP contribution in [0.4, 0.5) is 10.5 Å². The number of carbonyl (C=O) groups is 1. The number of nitrogens with one attached hydrogen (secondary N) is 1. The number of rotatable bonds is 1. The van der Waals surface area contributed by atoms with Crippen LogP contribution in [0.3, 0.4) is 0 Å². The van der Waals surface area contributed by atoms with Crippen molar-refractivity contribution in [2.24, 2.45) is 11.5 Å². The minimum Gasteiger partial charge on any atom is -0.369 e. The van der Waals surface area contributed by atoms with E-state index in [1.54, 1.807) is 12.1 Å². The third-order valence-electron chi connectivity index (χ3n) is 1.75. The second-order valence-electron chi connectivity index (χ2n) is 2.89. The Morgan fingerprint density at radius 1 is 1.29 bits per heavy atom. The number of benzene rings is 1. The summed E-state index contributed by atoms with van der Waals surface area (Å²) < 4.78 is 0. The maximum absolute atomic E-state index is 11.0. The van der Waals surface area contributed by atoms with Crippen LogP contribution in [0.5, 0.6) is 0 Å². The van der Waals surface area contributed by atoms with Crippen molar-refractivity contribution in [2.75, 3.05) is 4.90 Å². The molecular formula is C9H12N4O. The van der Waals surface area contributed by atoms with E-state index in [0.717, 1.165) is 10.5 Å². The number of primary amides is 1. The molecule has 0 atom stereocenters. The molecule has 0 saturated carbocycles. The van der Waals surface area contributed by atoms with E-state index in [0.29, 0.717) is 5.69 Å². The molecule has 0 aliphatic heterocycles. The fraction of sp³-hybridized carbons (Fsp3) is 0.111. The molecule has 1 rings (SSSR count). The largest absolute Gasteiger partial charge is 0.369 e. The molecule has 0 aliphatic rings. The van der Waals surface area contributed by atoms with Gasteiger partial charge in [-0.15, -0.1) is 0 Å². The molecule has 0 unspecified atom stereocenters. The van der Waals surface area contributed by atoms with Crippen molar-refractivity contribution in [1.29, 1.82) is 5.41 Å². The fourth-order valence-electron chi connectivity index (χ4n) is 1.08. The zero-order valence-electron chi connectivity index (χ0n) is 7.82. The van der Waals surface area contributed by atoms with E-state index in [1.165, 1.54) is 0 Å². The summed E-state index contributed by atoms with van der Waals surface area (Å²) in [5, 5.41) is 7.18. The van der Waals surface area contributed by atoms with E-state index in [-0.39, 0.29) is 5.96 Å². The van der Waals surface area contributed by atoms with Gasteiger partial charge in [0.05, 0.1) is 5.69 Å². The molecule has 0 saturated heterocycles. The maximum Gasteiger partial charge on any atom is 0.326 e. The Labute approximate surface area is 81.8 Å². The van der Waals surface area contributed by atoms with Crippen molar-refractivity contribution in [1.82, 2.24) is 0 Å². The van der Waals surface area contributed by atoms with Crippen molar-refractivity contribution in [3.8, 4) is 0 Å². The first-order valence-corrected chi connectivity index (χ1v) is 4.02. The highest BCUT2D eigenvalue weighted by molar-refractivity contribution is 6.13. The number of nitrogens with zero attached hydrogens (tertiary/aromatic N) is 1. The minimum absolute atomic E-state index is 0.388. The summed E-state index contributed by atoms with van der Waals surface area (Å²) in [6.07, 6.45) is 0. The normalized spacial score (nSPS) is 9.50. The van der Waals surface area contributed by atoms with Gasteiger partial charge in [0.25, 0.3) is 0 Å². The quantitative estimate of drug-likeness (QED) is 0.452. The monoisotopic (exact) mass is 192 g/mol. The summed E-state index contributed by atoms with van der Waals surface area (Å²) in [4.78, 5) is 11.9. The molecule has 0 fully saturated rings. The molecule has 2 amide bonds. The number of anilines is 1. The van der Waals surface area contributed by atoms with Crippen molar-refractivity contribution in [2.45, 2.75) is 6.92 Å². The van der Waals surface area contributed by atoms with Crippen LogP contribution in [0.15, 0.2) is 24.3 Å². The molecule has 5 N–H and O–H groups in total. The van der Waals surface area contributed by atoms with Gasteiger partial charge in [-0.3, -0.25) is 5.41 Å². The fourth-order valence-corrected chi connectivity index (χ4v) is 1.08. The summed E-state index contributed by atoms with van der Waals surface area (Å²) in [6.45, 7) is 1.92. The van der Waals surface area contributed by atoms with Crippen molar-refractivity contribution in [3.05, 3.63) is 29.8 Å². The van der Waals surface area contributed by atoms with Crippen LogP contribution in [0.25, 0.3) is 0 Å². The van der Waals surface area contributed by atoms with Gasteiger partial charge in [-0.05, 0) is 19.1 Å². The van der Waals surface area contributed by atoms with E-state index >= 15 is 0 Å². The number of urea groups is 1. The molecule has 0 radical (unpaired) electrons. The molecule has 5 nitrogen and oxygen atoms in total. The SMILES string of the molecule is Cc1ccc(N(C(=N)N)C(N)=O)cc1. The van der Waals surface area contributed by atoms with Gasteiger partial charge in [-0.1, -0.05) is 17.7 Å². The topological polar surface area (TPSA) is 96.2 Å². The molecule has 74 valence electrons. The van der Waals surface area contributed by atoms with Crippen LogP contribution in [-0.2, 0) is 0 Å². The predicted octanol–water partition coefficient (Wildman–Crippen LogP) is 0.774. The summed E-state index contributed by atoms with van der Waals surface area (Å²) in [5.41, 5.74) is 11.8. The lowest BCUT2D eigenvalue weighted by molar-refractivity contribution is 0.256. The lowest BCUT2D eigenvalue weighted by Crippen LogP contribution is -2.44. The molecule has 5 heteroatoms. The average Bonchev–Trinajstić information content (AvgIpc) is 2.07. The highest BCUT2D eigenvalue weighted by Gasteiger charge is 2.14. The van der Waals surface area contributed by atoms with Gasteiger partial charge in [0.1, 0.15) is 0 Å². The molecule has 0 bridgehead atoms. The molecule has 1 aromatic carbocycles. The molecule has 14 heavy (non-hydrogen) atoms. The second kappa shape index (κ2) is 3.78. The van der Waals surface area contributed by atoms with Gasteiger partial charge in [0.2, 0.25) is 5.96 Å². The van der Waals surface area contributed by atoms with Gasteiger partial charge >= 0.3 is 6.03 Å². The number of hydrogen-bond acceptors (Lipinski definition) is 2. The number of carbonyl (C=O) groups excluding carboxylic acids is 1. The molecule has 0 aliphatic carbocycles. The first-order chi connectivity index (χ1) is 6.52. The highest BCUT2D eigenvalue weighted by Crippen LogP contribution is 2.13. The lowest BCUT2D eigenvalue weighted by Gasteiger charge is -2.17. The predicted molar refractivity (Wildman–Crippen MR) is 55.2 cm³/mol. The van der Waals surface area contributed by atoms with Crippen molar-refractivity contribution < 1.29 is 4.79 Å². The molecule has 0 aromatic heterocycles. The van der Waals surface area contributed by atoms with E-state index in [2.05, 4.69) is 0 Å². The first kappa shape index (κ1) is 10.0. The molecule has 0 heterocycles. The van der Waals surface area contributed by atoms with Crippen LogP contribution in [-0.4, -0.2) is 12.0 Å². The Bertz CT molecular complexity index is 344. The third-order valence-corrected chi connectivity index (χ3v) is 1.75. The van der Waals surface area contributed by atoms with Gasteiger partial charge in [-0.25, -0.2) is 9.69 Å². The number of aryl methyl sites for hydroxylation is 1. The smallest absolute Gasteiger partial charge is 0.326 e. The Morgan fingerprint density at radius 2 is 1.79 bits per heavy atom. The Kier molecular flexibility index (Phi) is 2.71. The van der Waals surface area contributed by atoms with Gasteiger partial charge < -0.3 is 11.5 Å². The van der Waals surface area contributed by atoms with Crippen LogP contribution < -0.4 is 16.4 Å². The zero-order valence-corrected chi connectivity index (χ0v) is 7.82. The Morgan fingerprint density at radius 3 is 2.14 bits per heavy atom. The van der Waals surface area contributed by atoms with Crippen LogP contribution in [0.1, 0.15) is 5.56 Å². The van der Waals surface area contributed by atoms with Gasteiger partial charge in [0, 0.05) is 0 Å². The van der Waals surface area contributed by atoms with Gasteiger partial charge in [-0.2, -0.15) is 0 Å². The first-order valence-electron chi connectivity index (χ1n) is 4.02. The number of nitrogens with two attached hydrogens (primary N) is 2. The summed E-state index contributed by atoms with van der Waals surface area (Å²) in [7, 11) is 0. The van der Waals surface area contributed by atoms with Crippen LogP contribution in [0.2, 0.25) is 0 Å². The summed E-state index contributed by atoms with van der Waals surface area (Å²) >= 11 is 0. The highest BCUT2D eigenvalue weighted by atomic mass is 16.2. The van der Waals surface area contributed by atoms with Crippen LogP contribution >= 0.6 is 0 Å². The number of guanidine groups is 1. The van der Waals surface area contributed by atoms with E-state index in [9.17, 15) is 4.79 Å². The lowest BCUT2D eigenvalue weighted by atomic mass is 10.2. The van der Waals surface area contributed by atoms with E-state index < -0.39 is 6.03 Å². The van der Waals surface area contributed by atoms with Crippen molar-refractivity contribution in [3.63, 3.8) is 0 Å². The third kappa shape index (κ3) is 2.01. The van der Waals surface area contributed by atoms with E-state index in [1.807, 2.05) is 19.1 Å². The molecular weight excluding hydrogens is 180 g/mol. The average molecular weight is 192 g/mol. The van der Waals surface area contributed by atoms with Crippen LogP contribution in [0, 0.1) is 12.3 Å². The standard InChI is InChI=1S/C9H12N4O/c1-6-2-4-7(5-3-6)13(8(10)11)9(12)14/h2-5H,1H3,(H3,10,11)(H2,12,14). The maximum atomic E-state index is 11.0. The summed E-state index contributed by atoms with van der Waals surface area (Å²) in [5.74, 6) is -0.388. The zero-order chi connectivity index (χ0) is 10.7. The summed E-state index contributed by atoms with van der Waals surface area (Å²) in [6, 6.07) is 6.23. The van der Waals surface area contributed by atoms with Gasteiger partial charge in [0.15, 0.2) is 0 Å². The number of hydrogen-bond donors (Lipinski definition) is 3. The Hall–Kier alpha value is -2.04. The number of amides is 2. The molecule has 0 spiro atoms. The van der Waals surface area contributed by atoms with E-state index in [4.69, 9.17) is 16.9 Å². The molecule has 1 aromatic rings. The Balaban J connectivity index is 3.06. The second-order valence-corrected chi connectivity index (χ2v) is 2.89. The van der Waals surface area contributed by atoms with Crippen molar-refractivity contribution >= 4 is 17.7 Å². The minimum atomic E-state index is -0.763.